The number of nitrogens with zero attached hydrogens (tertiary/aromatic N) is 2. The molecular formula is C14H19N3O2S. The number of rotatable bonds is 5. The van der Waals surface area contributed by atoms with Gasteiger partial charge >= 0.3 is 0 Å². The van der Waals surface area contributed by atoms with E-state index < -0.39 is 0 Å². The first-order chi connectivity index (χ1) is 9.55. The summed E-state index contributed by atoms with van der Waals surface area (Å²) in [5.41, 5.74) is 8.66. The van der Waals surface area contributed by atoms with Crippen molar-refractivity contribution in [3.8, 4) is 11.5 Å². The van der Waals surface area contributed by atoms with Gasteiger partial charge in [-0.3, -0.25) is 0 Å². The van der Waals surface area contributed by atoms with Crippen LogP contribution in [0.15, 0.2) is 17.5 Å². The number of aryl methyl sites for hydroxylation is 1. The Morgan fingerprint density at radius 2 is 1.90 bits per heavy atom. The second-order valence-corrected chi connectivity index (χ2v) is 5.54. The van der Waals surface area contributed by atoms with Crippen molar-refractivity contribution in [1.82, 2.24) is 4.98 Å². The van der Waals surface area contributed by atoms with Gasteiger partial charge in [0.2, 0.25) is 0 Å². The number of hydrogen-bond donors (Lipinski definition) is 1. The number of ether oxygens (including phenoxy) is 2. The Labute approximate surface area is 123 Å². The van der Waals surface area contributed by atoms with Crippen molar-refractivity contribution in [2.75, 3.05) is 31.9 Å². The summed E-state index contributed by atoms with van der Waals surface area (Å²) in [5.74, 6) is 1.30. The van der Waals surface area contributed by atoms with Crippen LogP contribution in [-0.4, -0.2) is 26.3 Å². The van der Waals surface area contributed by atoms with Crippen LogP contribution in [0.5, 0.6) is 11.5 Å². The summed E-state index contributed by atoms with van der Waals surface area (Å²) < 4.78 is 10.6. The molecule has 2 rings (SSSR count). The van der Waals surface area contributed by atoms with Gasteiger partial charge in [-0.1, -0.05) is 0 Å². The molecule has 1 aromatic carbocycles. The second kappa shape index (κ2) is 6.00. The molecule has 0 radical (unpaired) electrons. The molecule has 0 fully saturated rings. The topological polar surface area (TPSA) is 60.6 Å². The van der Waals surface area contributed by atoms with Crippen molar-refractivity contribution < 1.29 is 9.47 Å². The third kappa shape index (κ3) is 2.96. The van der Waals surface area contributed by atoms with Gasteiger partial charge < -0.3 is 20.1 Å². The second-order valence-electron chi connectivity index (χ2n) is 4.48. The molecule has 0 spiro atoms. The largest absolute Gasteiger partial charge is 0.493 e. The van der Waals surface area contributed by atoms with Crippen molar-refractivity contribution in [3.05, 3.63) is 28.2 Å². The number of benzene rings is 1. The SMILES string of the molecule is COc1cc(N)c(N(C)Cc2csc(C)n2)cc1OC. The van der Waals surface area contributed by atoms with Gasteiger partial charge in [0.1, 0.15) is 0 Å². The Bertz CT molecular complexity index is 598. The molecule has 0 unspecified atom stereocenters. The molecule has 20 heavy (non-hydrogen) atoms. The smallest absolute Gasteiger partial charge is 0.162 e. The lowest BCUT2D eigenvalue weighted by atomic mass is 10.2. The molecule has 5 nitrogen and oxygen atoms in total. The third-order valence-corrected chi connectivity index (χ3v) is 3.83. The van der Waals surface area contributed by atoms with Crippen LogP contribution in [0.1, 0.15) is 10.7 Å². The molecule has 0 aliphatic heterocycles. The summed E-state index contributed by atoms with van der Waals surface area (Å²) in [4.78, 5) is 6.51. The third-order valence-electron chi connectivity index (χ3n) is 3.01. The average Bonchev–Trinajstić information content (AvgIpc) is 2.83. The number of aromatic nitrogens is 1. The van der Waals surface area contributed by atoms with E-state index >= 15 is 0 Å². The van der Waals surface area contributed by atoms with E-state index in [1.54, 1.807) is 31.6 Å². The number of methoxy groups -OCH3 is 2. The van der Waals surface area contributed by atoms with E-state index in [1.807, 2.05) is 24.9 Å². The summed E-state index contributed by atoms with van der Waals surface area (Å²) in [6, 6.07) is 3.66. The number of hydrogen-bond acceptors (Lipinski definition) is 6. The number of nitrogen functional groups attached to an aromatic ring is 1. The number of nitrogens with two attached hydrogens (primary N) is 1. The van der Waals surface area contributed by atoms with E-state index in [-0.39, 0.29) is 0 Å². The van der Waals surface area contributed by atoms with E-state index in [1.165, 1.54) is 0 Å². The fraction of sp³-hybridized carbons (Fsp3) is 0.357. The summed E-state index contributed by atoms with van der Waals surface area (Å²) in [7, 11) is 5.19. The summed E-state index contributed by atoms with van der Waals surface area (Å²) in [6.07, 6.45) is 0. The first-order valence-corrected chi connectivity index (χ1v) is 7.06. The summed E-state index contributed by atoms with van der Waals surface area (Å²) in [6.45, 7) is 2.70. The van der Waals surface area contributed by atoms with Crippen LogP contribution >= 0.6 is 11.3 Å². The highest BCUT2D eigenvalue weighted by Gasteiger charge is 2.13. The molecule has 108 valence electrons. The Morgan fingerprint density at radius 3 is 2.45 bits per heavy atom. The molecule has 0 bridgehead atoms. The lowest BCUT2D eigenvalue weighted by Gasteiger charge is -2.21. The predicted octanol–water partition coefficient (Wildman–Crippen LogP) is 2.69. The molecule has 1 aromatic heterocycles. The van der Waals surface area contributed by atoms with Crippen LogP contribution in [0.2, 0.25) is 0 Å². The zero-order valence-corrected chi connectivity index (χ0v) is 13.0. The fourth-order valence-corrected chi connectivity index (χ4v) is 2.63. The summed E-state index contributed by atoms with van der Waals surface area (Å²) in [5, 5.41) is 3.12. The van der Waals surface area contributed by atoms with Crippen LogP contribution in [0.25, 0.3) is 0 Å². The highest BCUT2D eigenvalue weighted by molar-refractivity contribution is 7.09. The van der Waals surface area contributed by atoms with Crippen molar-refractivity contribution in [2.24, 2.45) is 0 Å². The van der Waals surface area contributed by atoms with Crippen LogP contribution in [0, 0.1) is 6.92 Å². The van der Waals surface area contributed by atoms with Crippen LogP contribution in [0.4, 0.5) is 11.4 Å². The van der Waals surface area contributed by atoms with Crippen molar-refractivity contribution in [1.29, 1.82) is 0 Å². The van der Waals surface area contributed by atoms with Crippen LogP contribution < -0.4 is 20.1 Å². The molecule has 2 aromatic rings. The van der Waals surface area contributed by atoms with Gasteiger partial charge in [-0.05, 0) is 6.92 Å². The molecule has 1 heterocycles. The normalized spacial score (nSPS) is 10.4. The van der Waals surface area contributed by atoms with E-state index in [0.717, 1.165) is 16.4 Å². The van der Waals surface area contributed by atoms with Crippen LogP contribution in [0.3, 0.4) is 0 Å². The highest BCUT2D eigenvalue weighted by Crippen LogP contribution is 2.36. The molecular weight excluding hydrogens is 274 g/mol. The Balaban J connectivity index is 2.27. The van der Waals surface area contributed by atoms with Crippen LogP contribution in [-0.2, 0) is 6.54 Å². The predicted molar refractivity (Wildman–Crippen MR) is 82.9 cm³/mol. The van der Waals surface area contributed by atoms with E-state index in [2.05, 4.69) is 10.4 Å². The van der Waals surface area contributed by atoms with Crippen molar-refractivity contribution >= 4 is 22.7 Å². The zero-order valence-electron chi connectivity index (χ0n) is 12.1. The lowest BCUT2D eigenvalue weighted by Crippen LogP contribution is -2.18. The number of thiazole rings is 1. The minimum atomic E-state index is 0.631. The molecule has 0 saturated heterocycles. The average molecular weight is 293 g/mol. The molecule has 0 atom stereocenters. The van der Waals surface area contributed by atoms with Gasteiger partial charge in [-0.25, -0.2) is 4.98 Å². The Hall–Kier alpha value is -1.95. The minimum Gasteiger partial charge on any atom is -0.493 e. The fourth-order valence-electron chi connectivity index (χ4n) is 2.02. The van der Waals surface area contributed by atoms with Gasteiger partial charge in [0.05, 0.1) is 42.8 Å². The van der Waals surface area contributed by atoms with Gasteiger partial charge in [0.25, 0.3) is 0 Å². The minimum absolute atomic E-state index is 0.631. The Kier molecular flexibility index (Phi) is 4.34. The quantitative estimate of drug-likeness (QED) is 0.859. The maximum absolute atomic E-state index is 6.09. The molecule has 0 amide bonds. The van der Waals surface area contributed by atoms with Gasteiger partial charge in [-0.15, -0.1) is 11.3 Å². The zero-order chi connectivity index (χ0) is 14.7. The highest BCUT2D eigenvalue weighted by atomic mass is 32.1. The van der Waals surface area contributed by atoms with E-state index in [9.17, 15) is 0 Å². The maximum Gasteiger partial charge on any atom is 0.162 e. The molecule has 0 aliphatic carbocycles. The Morgan fingerprint density at radius 1 is 1.25 bits per heavy atom. The standard InChI is InChI=1S/C14H19N3O2S/c1-9-16-10(8-20-9)7-17(2)12-6-14(19-4)13(18-3)5-11(12)15/h5-6,8H,7,15H2,1-4H3. The van der Waals surface area contributed by atoms with Gasteiger partial charge in [0, 0.05) is 24.6 Å². The van der Waals surface area contributed by atoms with E-state index in [0.29, 0.717) is 23.7 Å². The van der Waals surface area contributed by atoms with E-state index in [4.69, 9.17) is 15.2 Å². The first-order valence-electron chi connectivity index (χ1n) is 6.18. The van der Waals surface area contributed by atoms with Gasteiger partial charge in [0.15, 0.2) is 11.5 Å². The first kappa shape index (κ1) is 14.5. The number of anilines is 2. The molecule has 0 aliphatic rings. The maximum atomic E-state index is 6.09. The molecule has 6 heteroatoms. The van der Waals surface area contributed by atoms with Crippen molar-refractivity contribution in [3.63, 3.8) is 0 Å². The lowest BCUT2D eigenvalue weighted by molar-refractivity contribution is 0.355. The van der Waals surface area contributed by atoms with Gasteiger partial charge in [-0.2, -0.15) is 0 Å². The van der Waals surface area contributed by atoms with Crippen molar-refractivity contribution in [2.45, 2.75) is 13.5 Å². The molecule has 2 N–H and O–H groups in total. The molecule has 0 saturated carbocycles. The monoisotopic (exact) mass is 293 g/mol. The summed E-state index contributed by atoms with van der Waals surface area (Å²) >= 11 is 1.65.